The maximum absolute atomic E-state index is 10.9. The number of benzene rings is 1. The summed E-state index contributed by atoms with van der Waals surface area (Å²) < 4.78 is 10.6. The molecule has 0 amide bonds. The van der Waals surface area contributed by atoms with Gasteiger partial charge in [0.25, 0.3) is 0 Å². The topological polar surface area (TPSA) is 72.8 Å². The van der Waals surface area contributed by atoms with E-state index in [1.165, 1.54) is 19.1 Å². The van der Waals surface area contributed by atoms with E-state index in [1.807, 2.05) is 0 Å². The van der Waals surface area contributed by atoms with Gasteiger partial charge >= 0.3 is 5.97 Å². The third-order valence-corrected chi connectivity index (χ3v) is 2.39. The maximum atomic E-state index is 10.9. The van der Waals surface area contributed by atoms with Crippen LogP contribution in [0.25, 0.3) is 0 Å². The molecule has 1 aromatic carbocycles. The Balaban J connectivity index is 2.35. The van der Waals surface area contributed by atoms with E-state index in [2.05, 4.69) is 0 Å². The van der Waals surface area contributed by atoms with Crippen LogP contribution in [0, 0.1) is 0 Å². The number of hydrogen-bond donors (Lipinski definition) is 1. The number of aldehydes is 1. The number of ether oxygens (including phenoxy) is 2. The molecule has 16 heavy (non-hydrogen) atoms. The minimum absolute atomic E-state index is 0.0857. The molecule has 1 aromatic rings. The Morgan fingerprint density at radius 1 is 1.50 bits per heavy atom. The number of carboxylic acid groups (broad SMARTS) is 1. The lowest BCUT2D eigenvalue weighted by atomic mass is 10.1. The normalized spacial score (nSPS) is 22.6. The van der Waals surface area contributed by atoms with Crippen LogP contribution < -0.4 is 9.47 Å². The fourth-order valence-electron chi connectivity index (χ4n) is 1.39. The smallest absolute Gasteiger partial charge is 0.351 e. The van der Waals surface area contributed by atoms with Gasteiger partial charge in [-0.1, -0.05) is 0 Å². The Morgan fingerprint density at radius 3 is 2.88 bits per heavy atom. The Hall–Kier alpha value is -2.04. The Labute approximate surface area is 91.6 Å². The van der Waals surface area contributed by atoms with Crippen LogP contribution >= 0.6 is 0 Å². The summed E-state index contributed by atoms with van der Waals surface area (Å²) in [6, 6.07) is 4.59. The van der Waals surface area contributed by atoms with Crippen LogP contribution in [-0.2, 0) is 4.79 Å². The minimum Gasteiger partial charge on any atom is -0.485 e. The van der Waals surface area contributed by atoms with Gasteiger partial charge in [-0.15, -0.1) is 0 Å². The van der Waals surface area contributed by atoms with Gasteiger partial charge < -0.3 is 14.6 Å². The largest absolute Gasteiger partial charge is 0.485 e. The van der Waals surface area contributed by atoms with Crippen LogP contribution in [0.5, 0.6) is 11.5 Å². The first-order chi connectivity index (χ1) is 7.55. The maximum Gasteiger partial charge on any atom is 0.351 e. The second kappa shape index (κ2) is 3.52. The zero-order valence-electron chi connectivity index (χ0n) is 8.60. The lowest BCUT2D eigenvalue weighted by molar-refractivity contribution is -0.158. The van der Waals surface area contributed by atoms with E-state index in [9.17, 15) is 9.59 Å². The van der Waals surface area contributed by atoms with E-state index in [4.69, 9.17) is 14.6 Å². The van der Waals surface area contributed by atoms with Gasteiger partial charge in [0.2, 0.25) is 5.60 Å². The highest BCUT2D eigenvalue weighted by Crippen LogP contribution is 2.35. The molecule has 0 spiro atoms. The van der Waals surface area contributed by atoms with Crippen molar-refractivity contribution in [2.24, 2.45) is 0 Å². The first-order valence-corrected chi connectivity index (χ1v) is 4.69. The molecular weight excluding hydrogens is 212 g/mol. The second-order valence-corrected chi connectivity index (χ2v) is 3.75. The van der Waals surface area contributed by atoms with Gasteiger partial charge in [-0.25, -0.2) is 4.79 Å². The van der Waals surface area contributed by atoms with Crippen molar-refractivity contribution in [3.05, 3.63) is 23.8 Å². The van der Waals surface area contributed by atoms with Crippen LogP contribution in [0.2, 0.25) is 0 Å². The first kappa shape index (κ1) is 10.5. The average molecular weight is 222 g/mol. The summed E-state index contributed by atoms with van der Waals surface area (Å²) in [5.74, 6) is -0.359. The Kier molecular flexibility index (Phi) is 2.30. The Bertz CT molecular complexity index is 454. The number of hydrogen-bond acceptors (Lipinski definition) is 4. The fraction of sp³-hybridized carbons (Fsp3) is 0.273. The molecule has 1 aliphatic rings. The molecular formula is C11H10O5. The van der Waals surface area contributed by atoms with Crippen molar-refractivity contribution >= 4 is 12.3 Å². The molecule has 1 N–H and O–H groups in total. The molecule has 0 aromatic heterocycles. The number of carboxylic acids is 1. The van der Waals surface area contributed by atoms with Crippen molar-refractivity contribution in [2.45, 2.75) is 12.5 Å². The molecule has 1 heterocycles. The summed E-state index contributed by atoms with van der Waals surface area (Å²) in [6.45, 7) is 1.35. The zero-order chi connectivity index (χ0) is 11.8. The summed E-state index contributed by atoms with van der Waals surface area (Å²) >= 11 is 0. The minimum atomic E-state index is -1.38. The Morgan fingerprint density at radius 2 is 2.25 bits per heavy atom. The van der Waals surface area contributed by atoms with Gasteiger partial charge in [-0.05, 0) is 25.1 Å². The van der Waals surface area contributed by atoms with Crippen molar-refractivity contribution in [1.82, 2.24) is 0 Å². The SMILES string of the molecule is C[C@]1(C(=O)O)COc2cc(C=O)ccc2O1. The van der Waals surface area contributed by atoms with Crippen molar-refractivity contribution in [1.29, 1.82) is 0 Å². The number of rotatable bonds is 2. The molecule has 1 aliphatic heterocycles. The lowest BCUT2D eigenvalue weighted by Gasteiger charge is -2.31. The molecule has 0 bridgehead atoms. The summed E-state index contributed by atoms with van der Waals surface area (Å²) in [7, 11) is 0. The highest BCUT2D eigenvalue weighted by atomic mass is 16.6. The van der Waals surface area contributed by atoms with Gasteiger partial charge in [0.1, 0.15) is 12.9 Å². The van der Waals surface area contributed by atoms with Crippen molar-refractivity contribution in [2.75, 3.05) is 6.61 Å². The lowest BCUT2D eigenvalue weighted by Crippen LogP contribution is -2.49. The zero-order valence-corrected chi connectivity index (χ0v) is 8.60. The number of carbonyl (C=O) groups is 2. The van der Waals surface area contributed by atoms with Crippen LogP contribution in [0.4, 0.5) is 0 Å². The summed E-state index contributed by atoms with van der Waals surface area (Å²) in [5, 5.41) is 8.96. The molecule has 0 unspecified atom stereocenters. The summed E-state index contributed by atoms with van der Waals surface area (Å²) in [4.78, 5) is 21.5. The quantitative estimate of drug-likeness (QED) is 0.759. The number of fused-ring (bicyclic) bond motifs is 1. The molecule has 0 radical (unpaired) electrons. The average Bonchev–Trinajstić information content (AvgIpc) is 2.28. The summed E-state index contributed by atoms with van der Waals surface area (Å²) in [5.41, 5.74) is -0.920. The van der Waals surface area contributed by atoms with E-state index in [1.54, 1.807) is 6.07 Å². The fourth-order valence-corrected chi connectivity index (χ4v) is 1.39. The van der Waals surface area contributed by atoms with E-state index >= 15 is 0 Å². The van der Waals surface area contributed by atoms with E-state index in [-0.39, 0.29) is 6.61 Å². The van der Waals surface area contributed by atoms with Crippen molar-refractivity contribution in [3.63, 3.8) is 0 Å². The standard InChI is InChI=1S/C11H10O5/c1-11(10(13)14)6-15-9-4-7(5-12)2-3-8(9)16-11/h2-5H,6H2,1H3,(H,13,14)/t11-/m1/s1. The predicted octanol–water partition coefficient (Wildman–Crippen LogP) is 1.11. The predicted molar refractivity (Wildman–Crippen MR) is 54.0 cm³/mol. The van der Waals surface area contributed by atoms with E-state index in [0.29, 0.717) is 23.3 Å². The molecule has 0 aliphatic carbocycles. The highest BCUT2D eigenvalue weighted by Gasteiger charge is 2.40. The monoisotopic (exact) mass is 222 g/mol. The van der Waals surface area contributed by atoms with Gasteiger partial charge in [-0.2, -0.15) is 0 Å². The third kappa shape index (κ3) is 1.60. The number of aliphatic carboxylic acids is 1. The van der Waals surface area contributed by atoms with Crippen LogP contribution in [0.3, 0.4) is 0 Å². The van der Waals surface area contributed by atoms with Crippen molar-refractivity contribution < 1.29 is 24.2 Å². The van der Waals surface area contributed by atoms with E-state index < -0.39 is 11.6 Å². The first-order valence-electron chi connectivity index (χ1n) is 4.69. The van der Waals surface area contributed by atoms with Crippen LogP contribution in [-0.4, -0.2) is 29.6 Å². The molecule has 84 valence electrons. The van der Waals surface area contributed by atoms with Crippen LogP contribution in [0.15, 0.2) is 18.2 Å². The van der Waals surface area contributed by atoms with Gasteiger partial charge in [0.05, 0.1) is 0 Å². The van der Waals surface area contributed by atoms with Gasteiger partial charge in [0, 0.05) is 5.56 Å². The van der Waals surface area contributed by atoms with E-state index in [0.717, 1.165) is 0 Å². The van der Waals surface area contributed by atoms with Gasteiger partial charge in [-0.3, -0.25) is 4.79 Å². The number of carbonyl (C=O) groups excluding carboxylic acids is 1. The molecule has 5 heteroatoms. The molecule has 0 saturated carbocycles. The third-order valence-electron chi connectivity index (χ3n) is 2.39. The van der Waals surface area contributed by atoms with Crippen LogP contribution in [0.1, 0.15) is 17.3 Å². The second-order valence-electron chi connectivity index (χ2n) is 3.75. The molecule has 0 saturated heterocycles. The van der Waals surface area contributed by atoms with Gasteiger partial charge in [0.15, 0.2) is 11.5 Å². The summed E-state index contributed by atoms with van der Waals surface area (Å²) in [6.07, 6.45) is 0.689. The highest BCUT2D eigenvalue weighted by molar-refractivity contribution is 5.79. The molecule has 0 fully saturated rings. The van der Waals surface area contributed by atoms with Crippen molar-refractivity contribution in [3.8, 4) is 11.5 Å². The molecule has 1 atom stereocenters. The molecule has 2 rings (SSSR count). The molecule has 5 nitrogen and oxygen atoms in total.